The number of non-ortho nitro benzene ring substituents is 1. The summed E-state index contributed by atoms with van der Waals surface area (Å²) in [4.78, 5) is 26.4. The van der Waals surface area contributed by atoms with Crippen molar-refractivity contribution in [3.63, 3.8) is 0 Å². The van der Waals surface area contributed by atoms with Crippen molar-refractivity contribution in [1.82, 2.24) is 14.8 Å². The summed E-state index contributed by atoms with van der Waals surface area (Å²) in [6.45, 7) is 0.385. The number of aromatic nitrogens is 3. The molecular formula is C16H11Cl2N5O3. The summed E-state index contributed by atoms with van der Waals surface area (Å²) < 4.78 is 1.52. The minimum absolute atomic E-state index is 0.0848. The second-order valence-corrected chi connectivity index (χ2v) is 6.09. The number of amides is 1. The minimum Gasteiger partial charge on any atom is -0.289 e. The second-order valence-electron chi connectivity index (χ2n) is 5.28. The zero-order chi connectivity index (χ0) is 18.7. The van der Waals surface area contributed by atoms with Gasteiger partial charge in [0.25, 0.3) is 11.6 Å². The van der Waals surface area contributed by atoms with Crippen LogP contribution in [0.2, 0.25) is 10.0 Å². The third-order valence-electron chi connectivity index (χ3n) is 3.41. The summed E-state index contributed by atoms with van der Waals surface area (Å²) in [5.74, 6) is -0.456. The normalized spacial score (nSPS) is 10.5. The largest absolute Gasteiger partial charge is 0.289 e. The molecule has 10 heteroatoms. The van der Waals surface area contributed by atoms with Gasteiger partial charge in [0.2, 0.25) is 5.95 Å². The molecule has 0 radical (unpaired) electrons. The van der Waals surface area contributed by atoms with Gasteiger partial charge in [-0.3, -0.25) is 20.2 Å². The number of anilines is 1. The van der Waals surface area contributed by atoms with Crippen LogP contribution in [0.15, 0.2) is 48.8 Å². The van der Waals surface area contributed by atoms with Gasteiger partial charge in [-0.1, -0.05) is 35.3 Å². The van der Waals surface area contributed by atoms with Crippen molar-refractivity contribution in [2.45, 2.75) is 6.54 Å². The summed E-state index contributed by atoms with van der Waals surface area (Å²) in [6.07, 6.45) is 1.45. The van der Waals surface area contributed by atoms with Crippen LogP contribution < -0.4 is 5.32 Å². The van der Waals surface area contributed by atoms with Crippen LogP contribution in [-0.4, -0.2) is 25.6 Å². The van der Waals surface area contributed by atoms with Gasteiger partial charge in [-0.2, -0.15) is 0 Å². The van der Waals surface area contributed by atoms with E-state index >= 15 is 0 Å². The monoisotopic (exact) mass is 391 g/mol. The molecule has 0 unspecified atom stereocenters. The molecule has 1 heterocycles. The molecule has 8 nitrogen and oxygen atoms in total. The van der Waals surface area contributed by atoms with E-state index in [0.717, 1.165) is 5.56 Å². The van der Waals surface area contributed by atoms with Crippen LogP contribution in [0.25, 0.3) is 0 Å². The zero-order valence-electron chi connectivity index (χ0n) is 13.1. The number of halogens is 2. The van der Waals surface area contributed by atoms with E-state index in [4.69, 9.17) is 23.2 Å². The maximum absolute atomic E-state index is 12.2. The molecule has 1 N–H and O–H groups in total. The third kappa shape index (κ3) is 4.16. The van der Waals surface area contributed by atoms with Gasteiger partial charge < -0.3 is 0 Å². The summed E-state index contributed by atoms with van der Waals surface area (Å²) in [5.41, 5.74) is 0.830. The molecule has 0 spiro atoms. The lowest BCUT2D eigenvalue weighted by Gasteiger charge is -2.03. The van der Waals surface area contributed by atoms with E-state index in [-0.39, 0.29) is 17.2 Å². The smallest absolute Gasteiger partial charge is 0.270 e. The number of benzene rings is 2. The molecule has 0 atom stereocenters. The first-order valence-corrected chi connectivity index (χ1v) is 8.07. The lowest BCUT2D eigenvalue weighted by atomic mass is 10.2. The van der Waals surface area contributed by atoms with Crippen molar-refractivity contribution in [2.75, 3.05) is 5.32 Å². The summed E-state index contributed by atoms with van der Waals surface area (Å²) in [7, 11) is 0. The van der Waals surface area contributed by atoms with Crippen molar-refractivity contribution in [2.24, 2.45) is 0 Å². The highest BCUT2D eigenvalue weighted by atomic mass is 35.5. The van der Waals surface area contributed by atoms with Crippen molar-refractivity contribution in [3.8, 4) is 0 Å². The van der Waals surface area contributed by atoms with Gasteiger partial charge in [-0.15, -0.1) is 5.10 Å². The Morgan fingerprint density at radius 2 is 2.00 bits per heavy atom. The van der Waals surface area contributed by atoms with E-state index in [1.165, 1.54) is 35.3 Å². The van der Waals surface area contributed by atoms with Crippen LogP contribution in [-0.2, 0) is 6.54 Å². The van der Waals surface area contributed by atoms with Crippen LogP contribution >= 0.6 is 23.2 Å². The van der Waals surface area contributed by atoms with Crippen LogP contribution in [0.5, 0.6) is 0 Å². The highest BCUT2D eigenvalue weighted by molar-refractivity contribution is 6.42. The molecule has 1 aromatic heterocycles. The molecule has 0 aliphatic heterocycles. The molecule has 0 aliphatic carbocycles. The Morgan fingerprint density at radius 3 is 2.73 bits per heavy atom. The molecule has 0 aliphatic rings. The summed E-state index contributed by atoms with van der Waals surface area (Å²) in [5, 5.41) is 18.3. The first-order chi connectivity index (χ1) is 12.4. The van der Waals surface area contributed by atoms with Crippen LogP contribution in [0.1, 0.15) is 15.9 Å². The molecule has 3 aromatic rings. The maximum Gasteiger partial charge on any atom is 0.270 e. The predicted octanol–water partition coefficient (Wildman–Crippen LogP) is 3.79. The Bertz CT molecular complexity index is 990. The number of nitro benzene ring substituents is 1. The fourth-order valence-electron chi connectivity index (χ4n) is 2.19. The van der Waals surface area contributed by atoms with Gasteiger partial charge in [0.1, 0.15) is 6.33 Å². The van der Waals surface area contributed by atoms with E-state index in [1.807, 2.05) is 0 Å². The SMILES string of the molecule is O=C(Nc1ncn(Cc2ccc(Cl)c(Cl)c2)n1)c1cccc([N+](=O)[O-])c1. The van der Waals surface area contributed by atoms with Gasteiger partial charge >= 0.3 is 0 Å². The van der Waals surface area contributed by atoms with Gasteiger partial charge in [-0.05, 0) is 23.8 Å². The van der Waals surface area contributed by atoms with Gasteiger partial charge in [0.05, 0.1) is 21.5 Å². The average Bonchev–Trinajstić information content (AvgIpc) is 3.05. The van der Waals surface area contributed by atoms with Gasteiger partial charge in [0.15, 0.2) is 0 Å². The van der Waals surface area contributed by atoms with Gasteiger partial charge in [0, 0.05) is 17.7 Å². The fourth-order valence-corrected chi connectivity index (χ4v) is 2.51. The van der Waals surface area contributed by atoms with Crippen LogP contribution in [0, 0.1) is 10.1 Å². The number of hydrogen-bond acceptors (Lipinski definition) is 5. The standard InChI is InChI=1S/C16H11Cl2N5O3/c17-13-5-4-10(6-14(13)18)8-22-9-19-16(21-22)20-15(24)11-2-1-3-12(7-11)23(25)26/h1-7,9H,8H2,(H,20,21,24). The molecule has 0 fully saturated rings. The fraction of sp³-hybridized carbons (Fsp3) is 0.0625. The topological polar surface area (TPSA) is 103 Å². The van der Waals surface area contributed by atoms with E-state index < -0.39 is 10.8 Å². The lowest BCUT2D eigenvalue weighted by molar-refractivity contribution is -0.384. The molecular weight excluding hydrogens is 381 g/mol. The summed E-state index contributed by atoms with van der Waals surface area (Å²) in [6, 6.07) is 10.6. The van der Waals surface area contributed by atoms with Crippen molar-refractivity contribution in [1.29, 1.82) is 0 Å². The highest BCUT2D eigenvalue weighted by Crippen LogP contribution is 2.23. The third-order valence-corrected chi connectivity index (χ3v) is 4.15. The van der Waals surface area contributed by atoms with E-state index in [2.05, 4.69) is 15.4 Å². The first kappa shape index (κ1) is 17.8. The Balaban J connectivity index is 1.70. The number of nitrogens with one attached hydrogen (secondary N) is 1. The predicted molar refractivity (Wildman–Crippen MR) is 96.6 cm³/mol. The molecule has 132 valence electrons. The molecule has 2 aromatic carbocycles. The number of nitrogens with zero attached hydrogens (tertiary/aromatic N) is 4. The molecule has 26 heavy (non-hydrogen) atoms. The molecule has 0 bridgehead atoms. The number of carbonyl (C=O) groups excluding carboxylic acids is 1. The highest BCUT2D eigenvalue weighted by Gasteiger charge is 2.13. The average molecular weight is 392 g/mol. The van der Waals surface area contributed by atoms with E-state index in [1.54, 1.807) is 18.2 Å². The van der Waals surface area contributed by atoms with Crippen LogP contribution in [0.3, 0.4) is 0 Å². The Kier molecular flexibility index (Phi) is 5.15. The maximum atomic E-state index is 12.2. The van der Waals surface area contributed by atoms with Crippen molar-refractivity contribution in [3.05, 3.63) is 80.1 Å². The van der Waals surface area contributed by atoms with Crippen LogP contribution in [0.4, 0.5) is 11.6 Å². The zero-order valence-corrected chi connectivity index (χ0v) is 14.6. The molecule has 1 amide bonds. The Hall–Kier alpha value is -2.97. The molecule has 3 rings (SSSR count). The molecule has 0 saturated heterocycles. The Labute approximate surface area is 157 Å². The number of carbonyl (C=O) groups is 1. The quantitative estimate of drug-likeness (QED) is 0.526. The number of hydrogen-bond donors (Lipinski definition) is 1. The number of rotatable bonds is 5. The van der Waals surface area contributed by atoms with E-state index in [9.17, 15) is 14.9 Å². The molecule has 0 saturated carbocycles. The van der Waals surface area contributed by atoms with E-state index in [0.29, 0.717) is 16.6 Å². The van der Waals surface area contributed by atoms with Crippen molar-refractivity contribution < 1.29 is 9.72 Å². The first-order valence-electron chi connectivity index (χ1n) is 7.31. The second kappa shape index (κ2) is 7.51. The minimum atomic E-state index is -0.568. The Morgan fingerprint density at radius 1 is 1.19 bits per heavy atom. The van der Waals surface area contributed by atoms with Gasteiger partial charge in [-0.25, -0.2) is 9.67 Å². The lowest BCUT2D eigenvalue weighted by Crippen LogP contribution is -2.13. The number of nitro groups is 1. The summed E-state index contributed by atoms with van der Waals surface area (Å²) >= 11 is 11.9. The van der Waals surface area contributed by atoms with Crippen molar-refractivity contribution >= 4 is 40.7 Å².